The molecule has 1 aromatic carbocycles. The molecule has 0 saturated carbocycles. The highest BCUT2D eigenvalue weighted by Gasteiger charge is 2.26. The molecule has 142 valence electrons. The molecule has 7 nitrogen and oxygen atoms in total. The van der Waals surface area contributed by atoms with Crippen LogP contribution in [0, 0.1) is 5.92 Å². The fourth-order valence-electron chi connectivity index (χ4n) is 2.98. The maximum Gasteiger partial charge on any atom is 0.321 e. The largest absolute Gasteiger partial charge is 0.466 e. The van der Waals surface area contributed by atoms with Crippen LogP contribution >= 0.6 is 0 Å². The molecule has 1 heterocycles. The van der Waals surface area contributed by atoms with Gasteiger partial charge in [0.2, 0.25) is 5.91 Å². The zero-order chi connectivity index (χ0) is 18.8. The van der Waals surface area contributed by atoms with E-state index >= 15 is 0 Å². The van der Waals surface area contributed by atoms with Crippen LogP contribution in [-0.4, -0.2) is 49.0 Å². The van der Waals surface area contributed by atoms with Crippen molar-refractivity contribution >= 4 is 17.9 Å². The van der Waals surface area contributed by atoms with Gasteiger partial charge >= 0.3 is 12.0 Å². The second-order valence-electron chi connectivity index (χ2n) is 6.36. The molecule has 0 spiro atoms. The van der Waals surface area contributed by atoms with Gasteiger partial charge in [0, 0.05) is 26.1 Å². The Balaban J connectivity index is 1.66. The van der Waals surface area contributed by atoms with Crippen molar-refractivity contribution in [3.05, 3.63) is 35.9 Å². The minimum Gasteiger partial charge on any atom is -0.466 e. The first-order valence-electron chi connectivity index (χ1n) is 9.09. The van der Waals surface area contributed by atoms with Gasteiger partial charge in [0.05, 0.1) is 12.5 Å². The minimum absolute atomic E-state index is 0.124. The highest BCUT2D eigenvalue weighted by Crippen LogP contribution is 2.18. The second-order valence-corrected chi connectivity index (χ2v) is 6.36. The van der Waals surface area contributed by atoms with Crippen LogP contribution in [0.15, 0.2) is 30.3 Å². The summed E-state index contributed by atoms with van der Waals surface area (Å²) in [5, 5.41) is 4.99. The van der Waals surface area contributed by atoms with Crippen LogP contribution in [-0.2, 0) is 20.9 Å². The Kier molecular flexibility index (Phi) is 8.08. The number of amides is 3. The molecule has 7 heteroatoms. The Morgan fingerprint density at radius 2 is 2.00 bits per heavy atom. The summed E-state index contributed by atoms with van der Waals surface area (Å²) in [5.74, 6) is -0.614. The number of imide groups is 1. The van der Waals surface area contributed by atoms with Crippen molar-refractivity contribution in [3.63, 3.8) is 0 Å². The Hall–Kier alpha value is -2.41. The van der Waals surface area contributed by atoms with Gasteiger partial charge in [-0.3, -0.25) is 14.9 Å². The van der Waals surface area contributed by atoms with Crippen molar-refractivity contribution in [2.24, 2.45) is 5.92 Å². The Labute approximate surface area is 154 Å². The molecular formula is C19H27N3O4. The fraction of sp³-hybridized carbons (Fsp3) is 0.526. The summed E-state index contributed by atoms with van der Waals surface area (Å²) < 4.78 is 5.07. The summed E-state index contributed by atoms with van der Waals surface area (Å²) in [6.07, 6.45) is 1.94. The van der Waals surface area contributed by atoms with Gasteiger partial charge in [-0.2, -0.15) is 0 Å². The number of piperidine rings is 1. The molecule has 1 aliphatic rings. The Morgan fingerprint density at radius 1 is 1.23 bits per heavy atom. The molecule has 26 heavy (non-hydrogen) atoms. The lowest BCUT2D eigenvalue weighted by Crippen LogP contribution is -2.43. The van der Waals surface area contributed by atoms with Gasteiger partial charge in [0.15, 0.2) is 0 Å². The van der Waals surface area contributed by atoms with Crippen LogP contribution in [0.2, 0.25) is 0 Å². The summed E-state index contributed by atoms with van der Waals surface area (Å²) >= 11 is 0. The molecule has 1 aliphatic heterocycles. The number of rotatable bonds is 7. The van der Waals surface area contributed by atoms with Gasteiger partial charge in [0.1, 0.15) is 0 Å². The van der Waals surface area contributed by atoms with Crippen LogP contribution in [0.4, 0.5) is 4.79 Å². The fourth-order valence-corrected chi connectivity index (χ4v) is 2.98. The molecule has 1 aromatic rings. The number of benzene rings is 1. The topological polar surface area (TPSA) is 87.7 Å². The molecule has 2 N–H and O–H groups in total. The number of ether oxygens (including phenoxy) is 1. The van der Waals surface area contributed by atoms with Crippen LogP contribution in [0.5, 0.6) is 0 Å². The molecule has 0 aliphatic carbocycles. The van der Waals surface area contributed by atoms with Gasteiger partial charge in [-0.25, -0.2) is 4.79 Å². The number of esters is 1. The third kappa shape index (κ3) is 6.84. The van der Waals surface area contributed by atoms with E-state index in [2.05, 4.69) is 15.5 Å². The first-order chi connectivity index (χ1) is 12.6. The van der Waals surface area contributed by atoms with Gasteiger partial charge < -0.3 is 15.0 Å². The first kappa shape index (κ1) is 19.9. The van der Waals surface area contributed by atoms with Crippen LogP contribution in [0.25, 0.3) is 0 Å². The van der Waals surface area contributed by atoms with Crippen molar-refractivity contribution in [3.8, 4) is 0 Å². The lowest BCUT2D eigenvalue weighted by molar-refractivity contribution is -0.149. The van der Waals surface area contributed by atoms with E-state index in [9.17, 15) is 14.4 Å². The molecule has 1 saturated heterocycles. The predicted octanol–water partition coefficient (Wildman–Crippen LogP) is 1.68. The summed E-state index contributed by atoms with van der Waals surface area (Å²) in [5.41, 5.74) is 0.966. The second kappa shape index (κ2) is 10.6. The molecule has 0 bridgehead atoms. The number of hydrogen-bond donors (Lipinski definition) is 2. The normalized spacial score (nSPS) is 17.3. The summed E-state index contributed by atoms with van der Waals surface area (Å²) in [4.78, 5) is 37.6. The number of nitrogens with zero attached hydrogens (tertiary/aromatic N) is 1. The van der Waals surface area contributed by atoms with Gasteiger partial charge in [-0.05, 0) is 31.9 Å². The number of urea groups is 1. The molecule has 2 rings (SSSR count). The smallest absolute Gasteiger partial charge is 0.321 e. The van der Waals surface area contributed by atoms with Crippen molar-refractivity contribution < 1.29 is 19.1 Å². The van der Waals surface area contributed by atoms with E-state index in [1.165, 1.54) is 0 Å². The Morgan fingerprint density at radius 3 is 2.73 bits per heavy atom. The quantitative estimate of drug-likeness (QED) is 0.722. The zero-order valence-electron chi connectivity index (χ0n) is 15.2. The number of carbonyl (C=O) groups is 3. The molecule has 3 amide bonds. The third-order valence-corrected chi connectivity index (χ3v) is 4.33. The average molecular weight is 361 g/mol. The van der Waals surface area contributed by atoms with Crippen molar-refractivity contribution in [2.45, 2.75) is 32.7 Å². The first-order valence-corrected chi connectivity index (χ1v) is 9.09. The summed E-state index contributed by atoms with van der Waals surface area (Å²) in [6, 6.07) is 8.99. The van der Waals surface area contributed by atoms with Crippen LogP contribution in [0.1, 0.15) is 31.7 Å². The predicted molar refractivity (Wildman–Crippen MR) is 97.2 cm³/mol. The van der Waals surface area contributed by atoms with E-state index < -0.39 is 6.03 Å². The van der Waals surface area contributed by atoms with E-state index in [1.54, 1.807) is 6.92 Å². The number of carbonyl (C=O) groups excluding carboxylic acids is 3. The third-order valence-electron chi connectivity index (χ3n) is 4.33. The standard InChI is InChI=1S/C19H27N3O4/c1-2-26-18(24)16-9-6-11-22(14-16)12-10-17(23)21-19(25)20-13-15-7-4-3-5-8-15/h3-5,7-8,16H,2,6,9-14H2,1H3,(H2,20,21,23,25). The van der Waals surface area contributed by atoms with Gasteiger partial charge in [0.25, 0.3) is 0 Å². The number of hydrogen-bond acceptors (Lipinski definition) is 5. The average Bonchev–Trinajstić information content (AvgIpc) is 2.66. The van der Waals surface area contributed by atoms with E-state index in [1.807, 2.05) is 30.3 Å². The molecule has 1 atom stereocenters. The maximum absolute atomic E-state index is 11.9. The molecule has 0 radical (unpaired) electrons. The highest BCUT2D eigenvalue weighted by atomic mass is 16.5. The van der Waals surface area contributed by atoms with Gasteiger partial charge in [-0.15, -0.1) is 0 Å². The van der Waals surface area contributed by atoms with E-state index in [-0.39, 0.29) is 24.2 Å². The maximum atomic E-state index is 11.9. The van der Waals surface area contributed by atoms with Crippen LogP contribution in [0.3, 0.4) is 0 Å². The zero-order valence-corrected chi connectivity index (χ0v) is 15.2. The number of likely N-dealkylation sites (tertiary alicyclic amines) is 1. The van der Waals surface area contributed by atoms with E-state index in [4.69, 9.17) is 4.74 Å². The highest BCUT2D eigenvalue weighted by molar-refractivity contribution is 5.94. The monoisotopic (exact) mass is 361 g/mol. The van der Waals surface area contributed by atoms with Gasteiger partial charge in [-0.1, -0.05) is 30.3 Å². The lowest BCUT2D eigenvalue weighted by atomic mass is 9.98. The lowest BCUT2D eigenvalue weighted by Gasteiger charge is -2.31. The minimum atomic E-state index is -0.498. The van der Waals surface area contributed by atoms with E-state index in [0.717, 1.165) is 24.9 Å². The molecule has 1 unspecified atom stereocenters. The van der Waals surface area contributed by atoms with Crippen molar-refractivity contribution in [1.82, 2.24) is 15.5 Å². The Bertz CT molecular complexity index is 606. The number of nitrogens with one attached hydrogen (secondary N) is 2. The SMILES string of the molecule is CCOC(=O)C1CCCN(CCC(=O)NC(=O)NCc2ccccc2)C1. The van der Waals surface area contributed by atoms with E-state index in [0.29, 0.717) is 26.2 Å². The van der Waals surface area contributed by atoms with Crippen molar-refractivity contribution in [2.75, 3.05) is 26.2 Å². The molecular weight excluding hydrogens is 334 g/mol. The van der Waals surface area contributed by atoms with Crippen LogP contribution < -0.4 is 10.6 Å². The molecule has 1 fully saturated rings. The summed E-state index contributed by atoms with van der Waals surface area (Å²) in [7, 11) is 0. The summed E-state index contributed by atoms with van der Waals surface area (Å²) in [6.45, 7) is 4.53. The molecule has 0 aromatic heterocycles. The van der Waals surface area contributed by atoms with Crippen molar-refractivity contribution in [1.29, 1.82) is 0 Å².